The van der Waals surface area contributed by atoms with Crippen LogP contribution in [0.25, 0.3) is 5.69 Å². The number of tetrazole rings is 1. The number of amides is 1. The number of halogens is 3. The van der Waals surface area contributed by atoms with E-state index in [-0.39, 0.29) is 22.6 Å². The Hall–Kier alpha value is -3.61. The highest BCUT2D eigenvalue weighted by molar-refractivity contribution is 7.99. The van der Waals surface area contributed by atoms with Crippen molar-refractivity contribution in [2.75, 3.05) is 18.2 Å². The zero-order chi connectivity index (χ0) is 23.3. The molecule has 0 saturated heterocycles. The van der Waals surface area contributed by atoms with Crippen LogP contribution in [-0.4, -0.2) is 51.3 Å². The number of hydrogen-bond acceptors (Lipinski definition) is 8. The SMILES string of the molecule is COC(=O)c1ccc(C)c(NC(=O)CSc2nnnn2-c2ccc(OC(F)(F)F)cc2)c1. The summed E-state index contributed by atoms with van der Waals surface area (Å²) in [4.78, 5) is 24.1. The van der Waals surface area contributed by atoms with Crippen LogP contribution in [0.2, 0.25) is 0 Å². The van der Waals surface area contributed by atoms with E-state index < -0.39 is 12.3 Å². The highest BCUT2D eigenvalue weighted by atomic mass is 32.2. The van der Waals surface area contributed by atoms with Crippen LogP contribution in [0.3, 0.4) is 0 Å². The van der Waals surface area contributed by atoms with Gasteiger partial charge in [0.1, 0.15) is 5.75 Å². The zero-order valence-corrected chi connectivity index (χ0v) is 17.5. The van der Waals surface area contributed by atoms with E-state index in [1.165, 1.54) is 30.0 Å². The Morgan fingerprint density at radius 1 is 1.16 bits per heavy atom. The van der Waals surface area contributed by atoms with E-state index in [0.29, 0.717) is 16.9 Å². The number of aromatic nitrogens is 4. The smallest absolute Gasteiger partial charge is 0.465 e. The van der Waals surface area contributed by atoms with Crippen molar-refractivity contribution in [1.82, 2.24) is 20.2 Å². The maximum Gasteiger partial charge on any atom is 0.573 e. The maximum atomic E-state index is 12.4. The standard InChI is InChI=1S/C19H16F3N5O4S/c1-11-3-4-12(17(29)30-2)9-15(11)23-16(28)10-32-18-24-25-26-27(18)13-5-7-14(8-6-13)31-19(20,21)22/h3-9H,10H2,1-2H3,(H,23,28). The molecule has 1 amide bonds. The lowest BCUT2D eigenvalue weighted by atomic mass is 10.1. The molecule has 0 aliphatic heterocycles. The van der Waals surface area contributed by atoms with Crippen molar-refractivity contribution >= 4 is 29.3 Å². The molecule has 0 fully saturated rings. The minimum absolute atomic E-state index is 0.0580. The molecule has 1 heterocycles. The first-order valence-corrected chi connectivity index (χ1v) is 9.91. The number of esters is 1. The number of benzene rings is 2. The van der Waals surface area contributed by atoms with Gasteiger partial charge in [-0.15, -0.1) is 18.3 Å². The molecule has 168 valence electrons. The molecule has 32 heavy (non-hydrogen) atoms. The highest BCUT2D eigenvalue weighted by Crippen LogP contribution is 2.25. The van der Waals surface area contributed by atoms with Crippen molar-refractivity contribution in [2.45, 2.75) is 18.4 Å². The number of alkyl halides is 3. The quantitative estimate of drug-likeness (QED) is 0.416. The minimum Gasteiger partial charge on any atom is -0.465 e. The Morgan fingerprint density at radius 2 is 1.88 bits per heavy atom. The van der Waals surface area contributed by atoms with Gasteiger partial charge in [-0.1, -0.05) is 17.8 Å². The number of ether oxygens (including phenoxy) is 2. The van der Waals surface area contributed by atoms with Gasteiger partial charge in [-0.3, -0.25) is 4.79 Å². The van der Waals surface area contributed by atoms with Gasteiger partial charge in [0.15, 0.2) is 0 Å². The third-order valence-electron chi connectivity index (χ3n) is 4.02. The van der Waals surface area contributed by atoms with Gasteiger partial charge in [0, 0.05) is 5.69 Å². The number of methoxy groups -OCH3 is 1. The number of carbonyl (C=O) groups is 2. The Balaban J connectivity index is 1.65. The second-order valence-corrected chi connectivity index (χ2v) is 7.22. The molecule has 13 heteroatoms. The first-order chi connectivity index (χ1) is 15.2. The summed E-state index contributed by atoms with van der Waals surface area (Å²) in [7, 11) is 1.26. The van der Waals surface area contributed by atoms with Crippen LogP contribution < -0.4 is 10.1 Å². The minimum atomic E-state index is -4.79. The number of nitrogens with one attached hydrogen (secondary N) is 1. The molecule has 2 aromatic carbocycles. The van der Waals surface area contributed by atoms with Gasteiger partial charge >= 0.3 is 12.3 Å². The average molecular weight is 467 g/mol. The molecule has 0 radical (unpaired) electrons. The summed E-state index contributed by atoms with van der Waals surface area (Å²) in [6.45, 7) is 1.77. The zero-order valence-electron chi connectivity index (χ0n) is 16.7. The fraction of sp³-hybridized carbons (Fsp3) is 0.211. The monoisotopic (exact) mass is 467 g/mol. The van der Waals surface area contributed by atoms with Crippen LogP contribution >= 0.6 is 11.8 Å². The largest absolute Gasteiger partial charge is 0.573 e. The van der Waals surface area contributed by atoms with E-state index >= 15 is 0 Å². The molecule has 0 unspecified atom stereocenters. The summed E-state index contributed by atoms with van der Waals surface area (Å²) in [5, 5.41) is 14.1. The number of carbonyl (C=O) groups excluding carboxylic acids is 2. The van der Waals surface area contributed by atoms with Crippen molar-refractivity contribution in [3.63, 3.8) is 0 Å². The number of anilines is 1. The van der Waals surface area contributed by atoms with Gasteiger partial charge in [0.05, 0.1) is 24.1 Å². The van der Waals surface area contributed by atoms with E-state index in [1.54, 1.807) is 19.1 Å². The topological polar surface area (TPSA) is 108 Å². The summed E-state index contributed by atoms with van der Waals surface area (Å²) < 4.78 is 46.7. The molecule has 3 rings (SSSR count). The Bertz CT molecular complexity index is 1120. The lowest BCUT2D eigenvalue weighted by molar-refractivity contribution is -0.274. The van der Waals surface area contributed by atoms with Crippen LogP contribution in [0.1, 0.15) is 15.9 Å². The lowest BCUT2D eigenvalue weighted by Gasteiger charge is -2.10. The first-order valence-electron chi connectivity index (χ1n) is 8.92. The van der Waals surface area contributed by atoms with Gasteiger partial charge < -0.3 is 14.8 Å². The summed E-state index contributed by atoms with van der Waals surface area (Å²) in [6, 6.07) is 9.74. The Labute approximate surface area is 183 Å². The van der Waals surface area contributed by atoms with E-state index in [0.717, 1.165) is 29.5 Å². The van der Waals surface area contributed by atoms with E-state index in [2.05, 4.69) is 30.3 Å². The molecule has 0 bridgehead atoms. The molecule has 9 nitrogen and oxygen atoms in total. The highest BCUT2D eigenvalue weighted by Gasteiger charge is 2.31. The molecule has 0 aliphatic carbocycles. The maximum absolute atomic E-state index is 12.4. The second kappa shape index (κ2) is 9.68. The fourth-order valence-electron chi connectivity index (χ4n) is 2.54. The summed E-state index contributed by atoms with van der Waals surface area (Å²) in [5.41, 5.74) is 1.89. The normalized spacial score (nSPS) is 11.2. The van der Waals surface area contributed by atoms with Crippen LogP contribution in [0, 0.1) is 6.92 Å². The fourth-order valence-corrected chi connectivity index (χ4v) is 3.23. The molecule has 0 saturated carbocycles. The Kier molecular flexibility index (Phi) is 6.98. The molecular weight excluding hydrogens is 451 g/mol. The number of aryl methyl sites for hydroxylation is 1. The molecule has 1 aromatic heterocycles. The molecule has 0 spiro atoms. The van der Waals surface area contributed by atoms with Crippen LogP contribution in [0.5, 0.6) is 5.75 Å². The van der Waals surface area contributed by atoms with E-state index in [1.807, 2.05) is 0 Å². The molecule has 0 aliphatic rings. The summed E-state index contributed by atoms with van der Waals surface area (Å²) >= 11 is 1.02. The van der Waals surface area contributed by atoms with Gasteiger partial charge in [0.25, 0.3) is 0 Å². The third kappa shape index (κ3) is 5.97. The molecular formula is C19H16F3N5O4S. The first kappa shape index (κ1) is 23.1. The molecule has 0 atom stereocenters. The van der Waals surface area contributed by atoms with Crippen molar-refractivity contribution in [3.05, 3.63) is 53.6 Å². The van der Waals surface area contributed by atoms with Crippen molar-refractivity contribution < 1.29 is 32.2 Å². The predicted molar refractivity (Wildman–Crippen MR) is 108 cm³/mol. The van der Waals surface area contributed by atoms with Crippen LogP contribution in [0.15, 0.2) is 47.6 Å². The lowest BCUT2D eigenvalue weighted by Crippen LogP contribution is -2.17. The number of rotatable bonds is 7. The Morgan fingerprint density at radius 3 is 2.53 bits per heavy atom. The van der Waals surface area contributed by atoms with Crippen molar-refractivity contribution in [3.8, 4) is 11.4 Å². The van der Waals surface area contributed by atoms with Crippen LogP contribution in [0.4, 0.5) is 18.9 Å². The van der Waals surface area contributed by atoms with Gasteiger partial charge in [-0.25, -0.2) is 4.79 Å². The number of hydrogen-bond donors (Lipinski definition) is 1. The predicted octanol–water partition coefficient (Wildman–Crippen LogP) is 3.39. The van der Waals surface area contributed by atoms with E-state index in [9.17, 15) is 22.8 Å². The van der Waals surface area contributed by atoms with Gasteiger partial charge in [-0.2, -0.15) is 4.68 Å². The average Bonchev–Trinajstić information content (AvgIpc) is 3.21. The van der Waals surface area contributed by atoms with Crippen molar-refractivity contribution in [2.24, 2.45) is 0 Å². The summed E-state index contributed by atoms with van der Waals surface area (Å²) in [6.07, 6.45) is -4.79. The second-order valence-electron chi connectivity index (χ2n) is 6.27. The summed E-state index contributed by atoms with van der Waals surface area (Å²) in [5.74, 6) is -1.34. The third-order valence-corrected chi connectivity index (χ3v) is 4.94. The van der Waals surface area contributed by atoms with E-state index in [4.69, 9.17) is 0 Å². The van der Waals surface area contributed by atoms with Crippen molar-refractivity contribution in [1.29, 1.82) is 0 Å². The number of nitrogens with zero attached hydrogens (tertiary/aromatic N) is 4. The number of thioether (sulfide) groups is 1. The van der Waals surface area contributed by atoms with Crippen LogP contribution in [-0.2, 0) is 9.53 Å². The molecule has 1 N–H and O–H groups in total. The van der Waals surface area contributed by atoms with Gasteiger partial charge in [0.2, 0.25) is 11.1 Å². The molecule has 3 aromatic rings. The van der Waals surface area contributed by atoms with Gasteiger partial charge in [-0.05, 0) is 59.3 Å².